The van der Waals surface area contributed by atoms with Gasteiger partial charge in [0.1, 0.15) is 0 Å². The fourth-order valence-corrected chi connectivity index (χ4v) is 0.760. The second kappa shape index (κ2) is 15.4. The van der Waals surface area contributed by atoms with Crippen LogP contribution in [0.4, 0.5) is 0 Å². The fourth-order valence-electron chi connectivity index (χ4n) is 0.760. The number of rotatable bonds is 6. The molecular weight excluding hydrogens is 264 g/mol. The molecule has 0 aromatic rings. The van der Waals surface area contributed by atoms with E-state index in [2.05, 4.69) is 0 Å². The third-order valence-electron chi connectivity index (χ3n) is 1.25. The molecule has 0 atom stereocenters. The Balaban J connectivity index is 0. The van der Waals surface area contributed by atoms with Gasteiger partial charge in [-0.15, -0.1) is 0 Å². The average Bonchev–Trinajstić information content (AvgIpc) is 2.07. The van der Waals surface area contributed by atoms with Gasteiger partial charge in [-0.25, -0.2) is 0 Å². The van der Waals surface area contributed by atoms with Crippen LogP contribution in [-0.2, 0) is 12.7 Å². The Morgan fingerprint density at radius 1 is 0.846 bits per heavy atom. The van der Waals surface area contributed by atoms with Gasteiger partial charge in [0.05, 0.1) is 19.8 Å². The van der Waals surface area contributed by atoms with Crippen molar-refractivity contribution >= 4 is 20.4 Å². The third-order valence-corrected chi connectivity index (χ3v) is 1.25. The van der Waals surface area contributed by atoms with Crippen LogP contribution in [0.15, 0.2) is 0 Å². The normalized spacial score (nSPS) is 10.0. The summed E-state index contributed by atoms with van der Waals surface area (Å²) in [5.41, 5.74) is 0. The van der Waals surface area contributed by atoms with Crippen LogP contribution < -0.4 is 0 Å². The molecular formula is C6H15Cl2NNiO3. The van der Waals surface area contributed by atoms with Gasteiger partial charge in [0.25, 0.3) is 0 Å². The summed E-state index contributed by atoms with van der Waals surface area (Å²) in [6.45, 7) is 1.75. The molecule has 0 aromatic carbocycles. The molecule has 0 bridgehead atoms. The minimum absolute atomic E-state index is 0.0694. The second-order valence-corrected chi connectivity index (χ2v) is 3.69. The first kappa shape index (κ1) is 16.3. The number of aliphatic hydroxyl groups is 3. The summed E-state index contributed by atoms with van der Waals surface area (Å²) in [5.74, 6) is 0. The molecule has 7 heteroatoms. The number of hydrogen-bond acceptors (Lipinski definition) is 4. The second-order valence-electron chi connectivity index (χ2n) is 2.06. The van der Waals surface area contributed by atoms with Crippen LogP contribution in [0.3, 0.4) is 0 Å². The SMILES string of the molecule is OCCN(CCO)CCO.[Cl][Ni][Cl]. The summed E-state index contributed by atoms with van der Waals surface area (Å²) >= 11 is 0.569. The van der Waals surface area contributed by atoms with Gasteiger partial charge < -0.3 is 15.3 Å². The Hall–Kier alpha value is 0.914. The van der Waals surface area contributed by atoms with E-state index in [0.717, 1.165) is 0 Å². The van der Waals surface area contributed by atoms with Crippen molar-refractivity contribution in [1.29, 1.82) is 0 Å². The Bertz CT molecular complexity index is 78.0. The Morgan fingerprint density at radius 3 is 1.23 bits per heavy atom. The van der Waals surface area contributed by atoms with Crippen molar-refractivity contribution in [2.75, 3.05) is 39.5 Å². The van der Waals surface area contributed by atoms with E-state index in [9.17, 15) is 0 Å². The van der Waals surface area contributed by atoms with Crippen LogP contribution in [0.2, 0.25) is 0 Å². The quantitative estimate of drug-likeness (QED) is 0.581. The number of nitrogens with zero attached hydrogens (tertiary/aromatic N) is 1. The molecule has 0 rings (SSSR count). The molecule has 0 heterocycles. The average molecular weight is 279 g/mol. The van der Waals surface area contributed by atoms with E-state index in [4.69, 9.17) is 35.7 Å². The topological polar surface area (TPSA) is 63.9 Å². The van der Waals surface area contributed by atoms with Crippen LogP contribution in [0.25, 0.3) is 0 Å². The molecule has 0 saturated carbocycles. The van der Waals surface area contributed by atoms with Crippen LogP contribution in [-0.4, -0.2) is 59.7 Å². The van der Waals surface area contributed by atoms with Gasteiger partial charge >= 0.3 is 33.0 Å². The predicted molar refractivity (Wildman–Crippen MR) is 49.4 cm³/mol. The summed E-state index contributed by atoms with van der Waals surface area (Å²) in [4.78, 5) is 1.79. The van der Waals surface area contributed by atoms with Crippen molar-refractivity contribution in [3.05, 3.63) is 0 Å². The zero-order chi connectivity index (χ0) is 10.5. The molecule has 0 aliphatic heterocycles. The molecule has 13 heavy (non-hydrogen) atoms. The van der Waals surface area contributed by atoms with Gasteiger partial charge in [-0.2, -0.15) is 0 Å². The van der Waals surface area contributed by atoms with E-state index in [1.807, 2.05) is 0 Å². The molecule has 0 aromatic heterocycles. The van der Waals surface area contributed by atoms with Gasteiger partial charge in [-0.3, -0.25) is 4.90 Å². The van der Waals surface area contributed by atoms with Crippen molar-refractivity contribution in [1.82, 2.24) is 4.90 Å². The van der Waals surface area contributed by atoms with Crippen LogP contribution >= 0.6 is 20.4 Å². The first-order valence-electron chi connectivity index (χ1n) is 3.64. The Labute approximate surface area is 92.8 Å². The zero-order valence-corrected chi connectivity index (χ0v) is 9.60. The van der Waals surface area contributed by atoms with Crippen molar-refractivity contribution in [2.45, 2.75) is 0 Å². The van der Waals surface area contributed by atoms with Gasteiger partial charge in [-0.1, -0.05) is 0 Å². The molecule has 0 aliphatic carbocycles. The maximum atomic E-state index is 8.48. The molecule has 4 nitrogen and oxygen atoms in total. The van der Waals surface area contributed by atoms with E-state index in [-0.39, 0.29) is 19.8 Å². The predicted octanol–water partition coefficient (Wildman–Crippen LogP) is -0.358. The molecule has 0 fully saturated rings. The molecule has 0 saturated heterocycles. The van der Waals surface area contributed by atoms with Gasteiger partial charge in [0.15, 0.2) is 0 Å². The summed E-state index contributed by atoms with van der Waals surface area (Å²) in [6, 6.07) is 0. The van der Waals surface area contributed by atoms with E-state index in [1.165, 1.54) is 0 Å². The number of hydrogen-bond donors (Lipinski definition) is 3. The van der Waals surface area contributed by atoms with Crippen molar-refractivity contribution < 1.29 is 28.0 Å². The summed E-state index contributed by atoms with van der Waals surface area (Å²) in [7, 11) is 9.40. The van der Waals surface area contributed by atoms with Crippen molar-refractivity contribution in [3.63, 3.8) is 0 Å². The Morgan fingerprint density at radius 2 is 1.08 bits per heavy atom. The van der Waals surface area contributed by atoms with Gasteiger partial charge in [-0.05, 0) is 0 Å². The number of aliphatic hydroxyl groups excluding tert-OH is 3. The first-order valence-corrected chi connectivity index (χ1v) is 6.35. The molecule has 0 spiro atoms. The van der Waals surface area contributed by atoms with Gasteiger partial charge in [0, 0.05) is 19.6 Å². The van der Waals surface area contributed by atoms with E-state index < -0.39 is 0 Å². The fraction of sp³-hybridized carbons (Fsp3) is 1.00. The third kappa shape index (κ3) is 15.7. The van der Waals surface area contributed by atoms with E-state index in [0.29, 0.717) is 32.3 Å². The van der Waals surface area contributed by atoms with E-state index >= 15 is 0 Å². The van der Waals surface area contributed by atoms with Gasteiger partial charge in [0.2, 0.25) is 0 Å². The molecule has 0 radical (unpaired) electrons. The van der Waals surface area contributed by atoms with Crippen LogP contribution in [0, 0.1) is 0 Å². The standard InChI is InChI=1S/C6H15NO3.2ClH.Ni/c8-4-1-7(2-5-9)3-6-10;;;/h8-10H,1-6H2;2*1H;/q;;;+2/p-2. The Kier molecular flexibility index (Phi) is 19.4. The molecule has 0 amide bonds. The van der Waals surface area contributed by atoms with Crippen molar-refractivity contribution in [2.24, 2.45) is 0 Å². The molecule has 3 N–H and O–H groups in total. The van der Waals surface area contributed by atoms with E-state index in [1.54, 1.807) is 4.90 Å². The molecule has 86 valence electrons. The first-order chi connectivity index (χ1) is 6.26. The monoisotopic (exact) mass is 277 g/mol. The maximum absolute atomic E-state index is 8.48. The van der Waals surface area contributed by atoms with Crippen LogP contribution in [0.5, 0.6) is 0 Å². The summed E-state index contributed by atoms with van der Waals surface area (Å²) < 4.78 is 0. The minimum atomic E-state index is 0.0694. The zero-order valence-electron chi connectivity index (χ0n) is 7.10. The molecule has 0 unspecified atom stereocenters. The number of halogens is 2. The van der Waals surface area contributed by atoms with Crippen LogP contribution in [0.1, 0.15) is 0 Å². The van der Waals surface area contributed by atoms with Crippen molar-refractivity contribution in [3.8, 4) is 0 Å². The molecule has 0 aliphatic rings. The summed E-state index contributed by atoms with van der Waals surface area (Å²) in [5, 5.41) is 25.5. The summed E-state index contributed by atoms with van der Waals surface area (Å²) in [6.07, 6.45) is 0.